The number of nitrogens with one attached hydrogen (secondary N) is 1. The molecular weight excluding hydrogens is 432 g/mol. The van der Waals surface area contributed by atoms with Gasteiger partial charge in [-0.3, -0.25) is 9.52 Å². The third-order valence-electron chi connectivity index (χ3n) is 4.35. The summed E-state index contributed by atoms with van der Waals surface area (Å²) in [5.74, 6) is 0.388. The molecule has 0 aliphatic carbocycles. The van der Waals surface area contributed by atoms with E-state index in [9.17, 15) is 13.2 Å². The van der Waals surface area contributed by atoms with E-state index >= 15 is 0 Å². The van der Waals surface area contributed by atoms with Crippen molar-refractivity contribution < 1.29 is 17.9 Å². The molecule has 1 heterocycles. The van der Waals surface area contributed by atoms with Crippen molar-refractivity contribution >= 4 is 37.5 Å². The van der Waals surface area contributed by atoms with Gasteiger partial charge in [-0.2, -0.15) is 0 Å². The maximum atomic E-state index is 12.6. The predicted molar refractivity (Wildman–Crippen MR) is 107 cm³/mol. The summed E-state index contributed by atoms with van der Waals surface area (Å²) < 4.78 is 34.1. The van der Waals surface area contributed by atoms with E-state index in [1.807, 2.05) is 6.92 Å². The molecule has 0 atom stereocenters. The number of rotatable bonds is 6. The molecule has 1 amide bonds. The van der Waals surface area contributed by atoms with Crippen LogP contribution in [0, 0.1) is 6.92 Å². The lowest BCUT2D eigenvalue weighted by atomic mass is 10.2. The Kier molecular flexibility index (Phi) is 6.06. The van der Waals surface area contributed by atoms with E-state index in [4.69, 9.17) is 4.74 Å². The van der Waals surface area contributed by atoms with Crippen LogP contribution in [0.3, 0.4) is 0 Å². The van der Waals surface area contributed by atoms with Gasteiger partial charge < -0.3 is 9.64 Å². The molecule has 1 N–H and O–H groups in total. The minimum Gasteiger partial charge on any atom is -0.484 e. The maximum absolute atomic E-state index is 12.6. The van der Waals surface area contributed by atoms with Crippen LogP contribution in [0.1, 0.15) is 18.4 Å². The first-order valence-electron chi connectivity index (χ1n) is 8.65. The van der Waals surface area contributed by atoms with E-state index < -0.39 is 10.0 Å². The Labute approximate surface area is 167 Å². The minimum absolute atomic E-state index is 0.0520. The summed E-state index contributed by atoms with van der Waals surface area (Å²) in [6, 6.07) is 11.4. The van der Waals surface area contributed by atoms with E-state index in [2.05, 4.69) is 20.7 Å². The van der Waals surface area contributed by atoms with E-state index in [1.54, 1.807) is 41.3 Å². The third kappa shape index (κ3) is 5.01. The van der Waals surface area contributed by atoms with Gasteiger partial charge in [0.25, 0.3) is 15.9 Å². The molecule has 1 aliphatic heterocycles. The van der Waals surface area contributed by atoms with Gasteiger partial charge >= 0.3 is 0 Å². The van der Waals surface area contributed by atoms with Crippen molar-refractivity contribution in [3.63, 3.8) is 0 Å². The molecule has 2 aromatic carbocycles. The Balaban J connectivity index is 1.67. The molecule has 0 radical (unpaired) electrons. The van der Waals surface area contributed by atoms with Gasteiger partial charge in [0.15, 0.2) is 6.61 Å². The van der Waals surface area contributed by atoms with Crippen molar-refractivity contribution in [3.8, 4) is 5.75 Å². The van der Waals surface area contributed by atoms with Gasteiger partial charge in [-0.1, -0.05) is 22.0 Å². The third-order valence-corrected chi connectivity index (χ3v) is 6.62. The first-order valence-corrected chi connectivity index (χ1v) is 10.9. The highest BCUT2D eigenvalue weighted by Gasteiger charge is 2.19. The molecule has 0 aromatic heterocycles. The highest BCUT2D eigenvalue weighted by molar-refractivity contribution is 9.10. The number of carbonyl (C=O) groups is 1. The smallest absolute Gasteiger partial charge is 0.261 e. The number of anilines is 1. The molecule has 1 aliphatic rings. The summed E-state index contributed by atoms with van der Waals surface area (Å²) >= 11 is 3.36. The largest absolute Gasteiger partial charge is 0.484 e. The second-order valence-electron chi connectivity index (χ2n) is 6.42. The topological polar surface area (TPSA) is 75.7 Å². The second kappa shape index (κ2) is 8.31. The Morgan fingerprint density at radius 1 is 1.19 bits per heavy atom. The van der Waals surface area contributed by atoms with Gasteiger partial charge in [0.2, 0.25) is 0 Å². The van der Waals surface area contributed by atoms with Crippen molar-refractivity contribution in [2.45, 2.75) is 24.7 Å². The zero-order valence-electron chi connectivity index (χ0n) is 14.9. The number of halogens is 1. The number of hydrogen-bond acceptors (Lipinski definition) is 4. The summed E-state index contributed by atoms with van der Waals surface area (Å²) in [5.41, 5.74) is 1.21. The molecule has 0 bridgehead atoms. The van der Waals surface area contributed by atoms with E-state index in [1.165, 1.54) is 6.07 Å². The highest BCUT2D eigenvalue weighted by Crippen LogP contribution is 2.24. The maximum Gasteiger partial charge on any atom is 0.261 e. The molecule has 2 aromatic rings. The summed E-state index contributed by atoms with van der Waals surface area (Å²) in [4.78, 5) is 14.0. The molecule has 1 saturated heterocycles. The van der Waals surface area contributed by atoms with Crippen LogP contribution >= 0.6 is 15.9 Å². The van der Waals surface area contributed by atoms with Crippen LogP contribution in [0.25, 0.3) is 0 Å². The number of carbonyl (C=O) groups excluding carboxylic acids is 1. The highest BCUT2D eigenvalue weighted by atomic mass is 79.9. The Hall–Kier alpha value is -2.06. The van der Waals surface area contributed by atoms with Crippen LogP contribution in [0.15, 0.2) is 51.8 Å². The van der Waals surface area contributed by atoms with Crippen LogP contribution in [-0.2, 0) is 14.8 Å². The molecule has 0 unspecified atom stereocenters. The summed E-state index contributed by atoms with van der Waals surface area (Å²) in [6.45, 7) is 3.32. The molecule has 0 saturated carbocycles. The van der Waals surface area contributed by atoms with Crippen LogP contribution in [0.4, 0.5) is 5.69 Å². The number of aryl methyl sites for hydroxylation is 1. The average molecular weight is 453 g/mol. The molecule has 27 heavy (non-hydrogen) atoms. The minimum atomic E-state index is -3.72. The zero-order chi connectivity index (χ0) is 19.4. The van der Waals surface area contributed by atoms with Gasteiger partial charge in [0, 0.05) is 23.6 Å². The summed E-state index contributed by atoms with van der Waals surface area (Å²) in [5, 5.41) is 0. The number of amides is 1. The quantitative estimate of drug-likeness (QED) is 0.726. The standard InChI is InChI=1S/C19H21BrN2O4S/c1-14-11-17(7-8-18(14)20)27(24,25)21-15-5-4-6-16(12-15)26-13-19(23)22-9-2-3-10-22/h4-8,11-12,21H,2-3,9-10,13H2,1H3. The molecule has 144 valence electrons. The predicted octanol–water partition coefficient (Wildman–Crippen LogP) is 3.56. The fourth-order valence-electron chi connectivity index (χ4n) is 2.85. The van der Waals surface area contributed by atoms with E-state index in [-0.39, 0.29) is 17.4 Å². The van der Waals surface area contributed by atoms with E-state index in [0.717, 1.165) is 36.0 Å². The van der Waals surface area contributed by atoms with Crippen molar-refractivity contribution in [1.29, 1.82) is 0 Å². The van der Waals surface area contributed by atoms with Crippen LogP contribution in [-0.4, -0.2) is 38.9 Å². The van der Waals surface area contributed by atoms with Crippen molar-refractivity contribution in [2.24, 2.45) is 0 Å². The average Bonchev–Trinajstić information content (AvgIpc) is 3.16. The van der Waals surface area contributed by atoms with Gasteiger partial charge in [-0.25, -0.2) is 8.42 Å². The first kappa shape index (κ1) is 19.7. The van der Waals surface area contributed by atoms with Crippen molar-refractivity contribution in [3.05, 3.63) is 52.5 Å². The normalized spacial score (nSPS) is 14.2. The summed E-state index contributed by atoms with van der Waals surface area (Å²) in [7, 11) is -3.72. The lowest BCUT2D eigenvalue weighted by Gasteiger charge is -2.16. The number of benzene rings is 2. The second-order valence-corrected chi connectivity index (χ2v) is 8.96. The van der Waals surface area contributed by atoms with Crippen molar-refractivity contribution in [2.75, 3.05) is 24.4 Å². The van der Waals surface area contributed by atoms with Gasteiger partial charge in [0.05, 0.1) is 10.6 Å². The van der Waals surface area contributed by atoms with Gasteiger partial charge in [-0.05, 0) is 55.7 Å². The van der Waals surface area contributed by atoms with Crippen LogP contribution in [0.2, 0.25) is 0 Å². The monoisotopic (exact) mass is 452 g/mol. The number of sulfonamides is 1. The number of ether oxygens (including phenoxy) is 1. The zero-order valence-corrected chi connectivity index (χ0v) is 17.3. The molecule has 8 heteroatoms. The molecule has 0 spiro atoms. The lowest BCUT2D eigenvalue weighted by molar-refractivity contribution is -0.132. The number of likely N-dealkylation sites (tertiary alicyclic amines) is 1. The van der Waals surface area contributed by atoms with Gasteiger partial charge in [0.1, 0.15) is 5.75 Å². The SMILES string of the molecule is Cc1cc(S(=O)(=O)Nc2cccc(OCC(=O)N3CCCC3)c2)ccc1Br. The molecule has 1 fully saturated rings. The Morgan fingerprint density at radius 2 is 1.93 bits per heavy atom. The number of hydrogen-bond donors (Lipinski definition) is 1. The molecular formula is C19H21BrN2O4S. The van der Waals surface area contributed by atoms with E-state index in [0.29, 0.717) is 11.4 Å². The molecule has 6 nitrogen and oxygen atoms in total. The van der Waals surface area contributed by atoms with Crippen LogP contribution in [0.5, 0.6) is 5.75 Å². The fourth-order valence-corrected chi connectivity index (χ4v) is 4.23. The fraction of sp³-hybridized carbons (Fsp3) is 0.316. The van der Waals surface area contributed by atoms with Crippen molar-refractivity contribution in [1.82, 2.24) is 4.90 Å². The number of nitrogens with zero attached hydrogens (tertiary/aromatic N) is 1. The molecule has 3 rings (SSSR count). The lowest BCUT2D eigenvalue weighted by Crippen LogP contribution is -2.32. The Morgan fingerprint density at radius 3 is 2.63 bits per heavy atom. The summed E-state index contributed by atoms with van der Waals surface area (Å²) in [6.07, 6.45) is 2.05. The van der Waals surface area contributed by atoms with Gasteiger partial charge in [-0.15, -0.1) is 0 Å². The van der Waals surface area contributed by atoms with Crippen LogP contribution < -0.4 is 9.46 Å². The first-order chi connectivity index (χ1) is 12.8. The Bertz CT molecular complexity index is 940.